The molecule has 0 spiro atoms. The fourth-order valence-electron chi connectivity index (χ4n) is 3.13. The zero-order chi connectivity index (χ0) is 23.1. The van der Waals surface area contributed by atoms with E-state index < -0.39 is 27.5 Å². The first-order valence-corrected chi connectivity index (χ1v) is 12.6. The predicted octanol–water partition coefficient (Wildman–Crippen LogP) is 2.57. The Morgan fingerprint density at radius 2 is 1.88 bits per heavy atom. The molecule has 0 aliphatic carbocycles. The summed E-state index contributed by atoms with van der Waals surface area (Å²) in [6, 6.07) is 13.7. The van der Waals surface area contributed by atoms with Crippen LogP contribution < -0.4 is 4.80 Å². The molecule has 0 radical (unpaired) electrons. The van der Waals surface area contributed by atoms with Crippen LogP contribution >= 0.6 is 11.3 Å². The van der Waals surface area contributed by atoms with Gasteiger partial charge in [-0.25, -0.2) is 13.2 Å². The number of nitrogens with zero attached hydrogens (tertiary/aromatic N) is 2. The van der Waals surface area contributed by atoms with Gasteiger partial charge in [0.1, 0.15) is 5.75 Å². The van der Waals surface area contributed by atoms with Gasteiger partial charge in [0.15, 0.2) is 14.6 Å². The van der Waals surface area contributed by atoms with E-state index in [1.807, 2.05) is 6.92 Å². The number of methoxy groups -OCH3 is 1. The maximum atomic E-state index is 12.5. The van der Waals surface area contributed by atoms with Crippen LogP contribution in [-0.4, -0.2) is 50.9 Å². The molecule has 0 aliphatic rings. The second-order valence-electron chi connectivity index (χ2n) is 6.93. The van der Waals surface area contributed by atoms with Gasteiger partial charge >= 0.3 is 5.97 Å². The van der Waals surface area contributed by atoms with E-state index in [-0.39, 0.29) is 5.75 Å². The van der Waals surface area contributed by atoms with Gasteiger partial charge in [-0.15, -0.1) is 0 Å². The van der Waals surface area contributed by atoms with Crippen molar-refractivity contribution in [3.8, 4) is 0 Å². The zero-order valence-corrected chi connectivity index (χ0v) is 19.4. The lowest BCUT2D eigenvalue weighted by molar-refractivity contribution is -0.115. The number of ether oxygens (including phenoxy) is 2. The SMILES string of the molecule is CCOCCn1c(=NC(=O)CS(=O)(=O)Cc2ccccc2)sc2cc(C(=O)OC)ccc21. The third-order valence-corrected chi connectivity index (χ3v) is 7.06. The summed E-state index contributed by atoms with van der Waals surface area (Å²) in [7, 11) is -2.37. The molecule has 0 bridgehead atoms. The number of hydrogen-bond donors (Lipinski definition) is 0. The van der Waals surface area contributed by atoms with Gasteiger partial charge in [-0.2, -0.15) is 4.99 Å². The van der Waals surface area contributed by atoms with Crippen molar-refractivity contribution in [2.75, 3.05) is 26.1 Å². The first-order chi connectivity index (χ1) is 15.3. The monoisotopic (exact) mass is 476 g/mol. The lowest BCUT2D eigenvalue weighted by atomic mass is 10.2. The van der Waals surface area contributed by atoms with Gasteiger partial charge in [-0.3, -0.25) is 4.79 Å². The van der Waals surface area contributed by atoms with Gasteiger partial charge in [-0.05, 0) is 30.7 Å². The van der Waals surface area contributed by atoms with Crippen LogP contribution in [0.15, 0.2) is 53.5 Å². The molecule has 10 heteroatoms. The van der Waals surface area contributed by atoms with Crippen LogP contribution in [0.4, 0.5) is 0 Å². The van der Waals surface area contributed by atoms with Crippen molar-refractivity contribution in [3.05, 3.63) is 64.5 Å². The summed E-state index contributed by atoms with van der Waals surface area (Å²) in [4.78, 5) is 28.8. The van der Waals surface area contributed by atoms with Gasteiger partial charge in [0.2, 0.25) is 0 Å². The average Bonchev–Trinajstić information content (AvgIpc) is 3.09. The van der Waals surface area contributed by atoms with Crippen molar-refractivity contribution in [1.82, 2.24) is 4.57 Å². The minimum absolute atomic E-state index is 0.228. The van der Waals surface area contributed by atoms with Gasteiger partial charge in [0.25, 0.3) is 5.91 Å². The van der Waals surface area contributed by atoms with Gasteiger partial charge in [-0.1, -0.05) is 41.7 Å². The van der Waals surface area contributed by atoms with Crippen LogP contribution in [0, 0.1) is 0 Å². The van der Waals surface area contributed by atoms with E-state index in [0.717, 1.165) is 10.2 Å². The van der Waals surface area contributed by atoms with E-state index in [4.69, 9.17) is 9.47 Å². The molecule has 1 heterocycles. The number of benzene rings is 2. The largest absolute Gasteiger partial charge is 0.465 e. The smallest absolute Gasteiger partial charge is 0.337 e. The molecule has 0 fully saturated rings. The summed E-state index contributed by atoms with van der Waals surface area (Å²) >= 11 is 1.20. The van der Waals surface area contributed by atoms with Crippen molar-refractivity contribution in [1.29, 1.82) is 0 Å². The third-order valence-electron chi connectivity index (χ3n) is 4.56. The van der Waals surface area contributed by atoms with Crippen molar-refractivity contribution in [3.63, 3.8) is 0 Å². The van der Waals surface area contributed by atoms with Crippen molar-refractivity contribution >= 4 is 43.3 Å². The Bertz CT molecular complexity index is 1280. The number of amides is 1. The summed E-state index contributed by atoms with van der Waals surface area (Å²) in [5, 5.41) is 0. The molecule has 0 aliphatic heterocycles. The van der Waals surface area contributed by atoms with Crippen molar-refractivity contribution < 1.29 is 27.5 Å². The topological polar surface area (TPSA) is 104 Å². The number of carbonyl (C=O) groups excluding carboxylic acids is 2. The van der Waals surface area contributed by atoms with Gasteiger partial charge < -0.3 is 14.0 Å². The predicted molar refractivity (Wildman–Crippen MR) is 122 cm³/mol. The third kappa shape index (κ3) is 6.12. The quantitative estimate of drug-likeness (QED) is 0.347. The average molecular weight is 477 g/mol. The Balaban J connectivity index is 1.92. The molecule has 0 unspecified atom stereocenters. The van der Waals surface area contributed by atoms with E-state index in [9.17, 15) is 18.0 Å². The first kappa shape index (κ1) is 23.8. The molecule has 1 amide bonds. The van der Waals surface area contributed by atoms with Crippen LogP contribution in [0.5, 0.6) is 0 Å². The van der Waals surface area contributed by atoms with Crippen LogP contribution in [-0.2, 0) is 36.4 Å². The van der Waals surface area contributed by atoms with E-state index >= 15 is 0 Å². The Morgan fingerprint density at radius 1 is 1.12 bits per heavy atom. The highest BCUT2D eigenvalue weighted by molar-refractivity contribution is 7.91. The van der Waals surface area contributed by atoms with Crippen LogP contribution in [0.3, 0.4) is 0 Å². The fourth-order valence-corrected chi connectivity index (χ4v) is 5.48. The molecule has 32 heavy (non-hydrogen) atoms. The Labute approximate surface area is 190 Å². The Hall–Kier alpha value is -2.82. The minimum atomic E-state index is -3.67. The maximum Gasteiger partial charge on any atom is 0.337 e. The van der Waals surface area contributed by atoms with Crippen molar-refractivity contribution in [2.24, 2.45) is 4.99 Å². The molecule has 0 saturated heterocycles. The lowest BCUT2D eigenvalue weighted by Crippen LogP contribution is -2.23. The number of fused-ring (bicyclic) bond motifs is 1. The Morgan fingerprint density at radius 3 is 2.56 bits per heavy atom. The molecule has 3 aromatic rings. The maximum absolute atomic E-state index is 12.5. The number of sulfone groups is 1. The number of rotatable bonds is 9. The zero-order valence-electron chi connectivity index (χ0n) is 17.8. The molecule has 8 nitrogen and oxygen atoms in total. The number of carbonyl (C=O) groups is 2. The summed E-state index contributed by atoms with van der Waals surface area (Å²) < 4.78 is 37.6. The van der Waals surface area contributed by atoms with E-state index in [1.165, 1.54) is 18.4 Å². The Kier molecular flexibility index (Phi) is 7.94. The van der Waals surface area contributed by atoms with Gasteiger partial charge in [0, 0.05) is 13.2 Å². The number of esters is 1. The normalized spacial score (nSPS) is 12.2. The van der Waals surface area contributed by atoms with Crippen molar-refractivity contribution in [2.45, 2.75) is 19.2 Å². The van der Waals surface area contributed by atoms with E-state index in [0.29, 0.717) is 35.7 Å². The molecule has 0 atom stereocenters. The fraction of sp³-hybridized carbons (Fsp3) is 0.318. The summed E-state index contributed by atoms with van der Waals surface area (Å²) in [6.45, 7) is 3.24. The summed E-state index contributed by atoms with van der Waals surface area (Å²) in [5.41, 5.74) is 1.76. The second-order valence-corrected chi connectivity index (χ2v) is 10.0. The van der Waals surface area contributed by atoms with Gasteiger partial charge in [0.05, 0.1) is 35.2 Å². The highest BCUT2D eigenvalue weighted by Crippen LogP contribution is 2.20. The summed E-state index contributed by atoms with van der Waals surface area (Å²) in [6.07, 6.45) is 0. The molecule has 0 N–H and O–H groups in total. The van der Waals surface area contributed by atoms with E-state index in [2.05, 4.69) is 4.99 Å². The first-order valence-electron chi connectivity index (χ1n) is 9.94. The van der Waals surface area contributed by atoms with E-state index in [1.54, 1.807) is 53.1 Å². The molecular weight excluding hydrogens is 452 g/mol. The van der Waals surface area contributed by atoms with Crippen LogP contribution in [0.2, 0.25) is 0 Å². The second kappa shape index (κ2) is 10.7. The molecule has 1 aromatic heterocycles. The summed E-state index contributed by atoms with van der Waals surface area (Å²) in [5.74, 6) is -2.13. The molecule has 170 valence electrons. The highest BCUT2D eigenvalue weighted by atomic mass is 32.2. The number of hydrogen-bond acceptors (Lipinski definition) is 7. The number of thiazole rings is 1. The molecule has 3 rings (SSSR count). The highest BCUT2D eigenvalue weighted by Gasteiger charge is 2.18. The van der Waals surface area contributed by atoms with Crippen LogP contribution in [0.1, 0.15) is 22.8 Å². The standard InChI is InChI=1S/C22H24N2O6S2/c1-3-30-12-11-24-18-10-9-17(21(26)29-2)13-19(18)31-22(24)23-20(25)15-32(27,28)14-16-7-5-4-6-8-16/h4-10,13H,3,11-12,14-15H2,1-2H3. The lowest BCUT2D eigenvalue weighted by Gasteiger charge is -2.06. The minimum Gasteiger partial charge on any atom is -0.465 e. The molecule has 2 aromatic carbocycles. The number of aromatic nitrogens is 1. The molecular formula is C22H24N2O6S2. The molecule has 0 saturated carbocycles. The van der Waals surface area contributed by atoms with Crippen LogP contribution in [0.25, 0.3) is 10.2 Å².